The van der Waals surface area contributed by atoms with Gasteiger partial charge in [0.15, 0.2) is 0 Å². The number of hydrogen-bond acceptors (Lipinski definition) is 6. The third kappa shape index (κ3) is 6.65. The van der Waals surface area contributed by atoms with Crippen molar-refractivity contribution in [1.29, 1.82) is 0 Å². The minimum absolute atomic E-state index is 0.0479. The van der Waals surface area contributed by atoms with Crippen LogP contribution < -0.4 is 16.0 Å². The number of hydrogen-bond donors (Lipinski definition) is 3. The number of pyridine rings is 1. The summed E-state index contributed by atoms with van der Waals surface area (Å²) in [5.41, 5.74) is 2.05. The van der Waals surface area contributed by atoms with Crippen LogP contribution in [-0.4, -0.2) is 33.9 Å². The Balaban J connectivity index is 1.64. The van der Waals surface area contributed by atoms with Crippen LogP contribution >= 0.6 is 11.6 Å². The molecule has 8 heteroatoms. The summed E-state index contributed by atoms with van der Waals surface area (Å²) in [6, 6.07) is 13.1. The standard InChI is InChI=1S/C23H27ClN6O/c1-23(2,3)21(31)27-13-6-12-26-20-18(9-5-11-25-20)19-10-14-28-22(30-19)29-17-8-4-7-16(24)15-17/h4-5,7-11,14-15H,6,12-13H2,1-3H3,(H,25,26)(H,27,31)(H,28,29,30). The summed E-state index contributed by atoms with van der Waals surface area (Å²) in [5, 5.41) is 10.1. The summed E-state index contributed by atoms with van der Waals surface area (Å²) in [7, 11) is 0. The van der Waals surface area contributed by atoms with Crippen LogP contribution in [0.25, 0.3) is 11.3 Å². The number of amides is 1. The SMILES string of the molecule is CC(C)(C)C(=O)NCCCNc1ncccc1-c1ccnc(Nc2cccc(Cl)c2)n1. The number of aromatic nitrogens is 3. The van der Waals surface area contributed by atoms with Crippen molar-refractivity contribution >= 4 is 35.0 Å². The van der Waals surface area contributed by atoms with E-state index in [1.807, 2.05) is 63.2 Å². The van der Waals surface area contributed by atoms with Gasteiger partial charge in [0, 0.05) is 47.2 Å². The molecule has 0 fully saturated rings. The van der Waals surface area contributed by atoms with Gasteiger partial charge < -0.3 is 16.0 Å². The quantitative estimate of drug-likeness (QED) is 0.433. The number of nitrogens with one attached hydrogen (secondary N) is 3. The molecule has 3 rings (SSSR count). The molecule has 0 atom stereocenters. The molecule has 0 saturated heterocycles. The van der Waals surface area contributed by atoms with Crippen molar-refractivity contribution in [3.05, 3.63) is 59.9 Å². The predicted molar refractivity (Wildman–Crippen MR) is 126 cm³/mol. The van der Waals surface area contributed by atoms with Crippen LogP contribution in [0.3, 0.4) is 0 Å². The normalized spacial score (nSPS) is 11.1. The lowest BCUT2D eigenvalue weighted by molar-refractivity contribution is -0.128. The predicted octanol–water partition coefficient (Wildman–Crippen LogP) is 4.90. The smallest absolute Gasteiger partial charge is 0.227 e. The van der Waals surface area contributed by atoms with Gasteiger partial charge in [-0.05, 0) is 42.8 Å². The summed E-state index contributed by atoms with van der Waals surface area (Å²) >= 11 is 6.05. The van der Waals surface area contributed by atoms with E-state index in [9.17, 15) is 4.79 Å². The molecule has 2 aromatic heterocycles. The van der Waals surface area contributed by atoms with Gasteiger partial charge in [0.25, 0.3) is 0 Å². The van der Waals surface area contributed by atoms with Gasteiger partial charge in [0.2, 0.25) is 11.9 Å². The maximum Gasteiger partial charge on any atom is 0.227 e. The number of rotatable bonds is 8. The monoisotopic (exact) mass is 438 g/mol. The van der Waals surface area contributed by atoms with Crippen molar-refractivity contribution < 1.29 is 4.79 Å². The minimum atomic E-state index is -0.384. The molecule has 0 aliphatic heterocycles. The topological polar surface area (TPSA) is 91.8 Å². The average Bonchev–Trinajstić information content (AvgIpc) is 2.73. The van der Waals surface area contributed by atoms with E-state index in [1.165, 1.54) is 0 Å². The second-order valence-electron chi connectivity index (χ2n) is 8.09. The van der Waals surface area contributed by atoms with Gasteiger partial charge >= 0.3 is 0 Å². The fraction of sp³-hybridized carbons (Fsp3) is 0.304. The largest absolute Gasteiger partial charge is 0.369 e. The van der Waals surface area contributed by atoms with E-state index in [2.05, 4.69) is 30.9 Å². The van der Waals surface area contributed by atoms with E-state index in [0.717, 1.165) is 29.2 Å². The average molecular weight is 439 g/mol. The van der Waals surface area contributed by atoms with Gasteiger partial charge in [-0.2, -0.15) is 0 Å². The van der Waals surface area contributed by atoms with E-state index < -0.39 is 0 Å². The summed E-state index contributed by atoms with van der Waals surface area (Å²) < 4.78 is 0. The van der Waals surface area contributed by atoms with Crippen LogP contribution in [0, 0.1) is 5.41 Å². The zero-order valence-corrected chi connectivity index (χ0v) is 18.7. The maximum atomic E-state index is 11.9. The molecule has 7 nitrogen and oxygen atoms in total. The molecule has 0 radical (unpaired) electrons. The molecule has 0 spiro atoms. The number of halogens is 1. The lowest BCUT2D eigenvalue weighted by Gasteiger charge is -2.17. The molecule has 0 saturated carbocycles. The first-order valence-corrected chi connectivity index (χ1v) is 10.5. The Morgan fingerprint density at radius 3 is 2.65 bits per heavy atom. The number of carbonyl (C=O) groups is 1. The third-order valence-corrected chi connectivity index (χ3v) is 4.67. The Morgan fingerprint density at radius 1 is 1.03 bits per heavy atom. The first-order valence-electron chi connectivity index (χ1n) is 10.2. The zero-order chi connectivity index (χ0) is 22.3. The Labute approximate surface area is 187 Å². The molecule has 0 bridgehead atoms. The highest BCUT2D eigenvalue weighted by atomic mass is 35.5. The molecule has 162 valence electrons. The van der Waals surface area contributed by atoms with Crippen LogP contribution in [0.4, 0.5) is 17.5 Å². The van der Waals surface area contributed by atoms with Crippen molar-refractivity contribution in [3.8, 4) is 11.3 Å². The molecule has 0 aliphatic carbocycles. The number of benzene rings is 1. The highest BCUT2D eigenvalue weighted by molar-refractivity contribution is 6.30. The van der Waals surface area contributed by atoms with Crippen LogP contribution in [0.1, 0.15) is 27.2 Å². The second kappa shape index (κ2) is 10.2. The second-order valence-corrected chi connectivity index (χ2v) is 8.52. The molecule has 2 heterocycles. The third-order valence-electron chi connectivity index (χ3n) is 4.43. The molecule has 3 aromatic rings. The van der Waals surface area contributed by atoms with Gasteiger partial charge in [-0.25, -0.2) is 15.0 Å². The number of carbonyl (C=O) groups excluding carboxylic acids is 1. The lowest BCUT2D eigenvalue weighted by Crippen LogP contribution is -2.35. The Kier molecular flexibility index (Phi) is 7.41. The molecule has 1 amide bonds. The van der Waals surface area contributed by atoms with Crippen LogP contribution in [0.15, 0.2) is 54.9 Å². The van der Waals surface area contributed by atoms with E-state index in [1.54, 1.807) is 12.4 Å². The summed E-state index contributed by atoms with van der Waals surface area (Å²) in [6.07, 6.45) is 4.22. The van der Waals surface area contributed by atoms with Crippen molar-refractivity contribution in [2.24, 2.45) is 5.41 Å². The number of nitrogens with zero attached hydrogens (tertiary/aromatic N) is 3. The van der Waals surface area contributed by atoms with E-state index in [4.69, 9.17) is 11.6 Å². The van der Waals surface area contributed by atoms with E-state index >= 15 is 0 Å². The van der Waals surface area contributed by atoms with Gasteiger partial charge in [0.1, 0.15) is 5.82 Å². The van der Waals surface area contributed by atoms with Crippen LogP contribution in [0.2, 0.25) is 5.02 Å². The van der Waals surface area contributed by atoms with Crippen molar-refractivity contribution in [1.82, 2.24) is 20.3 Å². The summed E-state index contributed by atoms with van der Waals surface area (Å²) in [6.45, 7) is 6.98. The Hall–Kier alpha value is -3.19. The van der Waals surface area contributed by atoms with Gasteiger partial charge in [-0.3, -0.25) is 4.79 Å². The molecule has 1 aromatic carbocycles. The van der Waals surface area contributed by atoms with Crippen molar-refractivity contribution in [2.75, 3.05) is 23.7 Å². The van der Waals surface area contributed by atoms with Crippen LogP contribution in [-0.2, 0) is 4.79 Å². The molecular weight excluding hydrogens is 412 g/mol. The van der Waals surface area contributed by atoms with Crippen LogP contribution in [0.5, 0.6) is 0 Å². The molecule has 0 aliphatic rings. The van der Waals surface area contributed by atoms with Gasteiger partial charge in [-0.15, -0.1) is 0 Å². The molecule has 0 unspecified atom stereocenters. The van der Waals surface area contributed by atoms with E-state index in [-0.39, 0.29) is 11.3 Å². The number of anilines is 3. The fourth-order valence-electron chi connectivity index (χ4n) is 2.78. The van der Waals surface area contributed by atoms with Crippen molar-refractivity contribution in [2.45, 2.75) is 27.2 Å². The molecule has 3 N–H and O–H groups in total. The van der Waals surface area contributed by atoms with Gasteiger partial charge in [-0.1, -0.05) is 38.4 Å². The molecular formula is C23H27ClN6O. The van der Waals surface area contributed by atoms with Gasteiger partial charge in [0.05, 0.1) is 5.69 Å². The lowest BCUT2D eigenvalue weighted by atomic mass is 9.96. The maximum absolute atomic E-state index is 11.9. The van der Waals surface area contributed by atoms with E-state index in [0.29, 0.717) is 24.1 Å². The Morgan fingerprint density at radius 2 is 1.87 bits per heavy atom. The minimum Gasteiger partial charge on any atom is -0.369 e. The first-order chi connectivity index (χ1) is 14.8. The highest BCUT2D eigenvalue weighted by Crippen LogP contribution is 2.25. The van der Waals surface area contributed by atoms with Crippen molar-refractivity contribution in [3.63, 3.8) is 0 Å². The summed E-state index contributed by atoms with van der Waals surface area (Å²) in [5.74, 6) is 1.25. The fourth-order valence-corrected chi connectivity index (χ4v) is 2.97. The molecule has 31 heavy (non-hydrogen) atoms. The first kappa shape index (κ1) is 22.5. The highest BCUT2D eigenvalue weighted by Gasteiger charge is 2.20. The zero-order valence-electron chi connectivity index (χ0n) is 17.9. The summed E-state index contributed by atoms with van der Waals surface area (Å²) in [4.78, 5) is 25.3. The Bertz CT molecular complexity index is 1030.